The maximum Gasteiger partial charge on any atom is 0.193 e. The molecular weight excluding hydrogens is 405 g/mol. The van der Waals surface area contributed by atoms with Gasteiger partial charge in [-0.05, 0) is 24.3 Å². The molecule has 0 atom stereocenters. The van der Waals surface area contributed by atoms with Crippen LogP contribution in [0, 0.1) is 0 Å². The van der Waals surface area contributed by atoms with Crippen LogP contribution in [0.2, 0.25) is 5.02 Å². The molecule has 0 fully saturated rings. The molecule has 0 aromatic heterocycles. The van der Waals surface area contributed by atoms with Crippen molar-refractivity contribution in [1.82, 2.24) is 10.2 Å². The molecule has 5 nitrogen and oxygen atoms in total. The first kappa shape index (κ1) is 20.3. The fourth-order valence-corrected chi connectivity index (χ4v) is 1.71. The Morgan fingerprint density at radius 2 is 1.95 bits per heavy atom. The Morgan fingerprint density at radius 3 is 2.52 bits per heavy atom. The van der Waals surface area contributed by atoms with Gasteiger partial charge in [-0.3, -0.25) is 4.99 Å². The number of methoxy groups -OCH3 is 1. The third-order valence-electron chi connectivity index (χ3n) is 2.67. The largest absolute Gasteiger partial charge is 0.492 e. The number of guanidine groups is 1. The number of aliphatic imine (C=N–C) groups is 1. The Bertz CT molecular complexity index is 415. The smallest absolute Gasteiger partial charge is 0.193 e. The Hall–Kier alpha value is -0.730. The van der Waals surface area contributed by atoms with Gasteiger partial charge in [0.1, 0.15) is 12.4 Å². The number of halogens is 2. The number of benzene rings is 1. The van der Waals surface area contributed by atoms with E-state index in [1.807, 2.05) is 36.2 Å². The fourth-order valence-electron chi connectivity index (χ4n) is 1.59. The van der Waals surface area contributed by atoms with Gasteiger partial charge < -0.3 is 19.7 Å². The van der Waals surface area contributed by atoms with E-state index in [-0.39, 0.29) is 24.0 Å². The second-order valence-corrected chi connectivity index (χ2v) is 4.63. The van der Waals surface area contributed by atoms with E-state index >= 15 is 0 Å². The first-order valence-corrected chi connectivity index (χ1v) is 6.84. The van der Waals surface area contributed by atoms with Crippen LogP contribution in [0.1, 0.15) is 0 Å². The number of rotatable bonds is 7. The van der Waals surface area contributed by atoms with E-state index in [9.17, 15) is 0 Å². The van der Waals surface area contributed by atoms with Crippen molar-refractivity contribution in [3.05, 3.63) is 29.3 Å². The van der Waals surface area contributed by atoms with E-state index in [1.54, 1.807) is 14.2 Å². The molecule has 0 bridgehead atoms. The molecule has 1 N–H and O–H groups in total. The Labute approximate surface area is 148 Å². The zero-order valence-electron chi connectivity index (χ0n) is 12.6. The van der Waals surface area contributed by atoms with Crippen LogP contribution < -0.4 is 10.1 Å². The van der Waals surface area contributed by atoms with Crippen LogP contribution in [0.15, 0.2) is 29.3 Å². The summed E-state index contributed by atoms with van der Waals surface area (Å²) < 4.78 is 10.6. The minimum absolute atomic E-state index is 0. The monoisotopic (exact) mass is 427 g/mol. The lowest BCUT2D eigenvalue weighted by Crippen LogP contribution is -2.42. The van der Waals surface area contributed by atoms with Gasteiger partial charge in [-0.15, -0.1) is 24.0 Å². The summed E-state index contributed by atoms with van der Waals surface area (Å²) in [5.74, 6) is 1.63. The standard InChI is InChI=1S/C14H22ClN3O2.HI/c1-16-14(17-8-10-19-3)18(2)9-11-20-13-6-4-12(15)5-7-13;/h4-7H,8-11H2,1-3H3,(H,16,17);1H. The number of hydrogen-bond acceptors (Lipinski definition) is 3. The summed E-state index contributed by atoms with van der Waals surface area (Å²) in [6.45, 7) is 2.68. The molecule has 21 heavy (non-hydrogen) atoms. The minimum Gasteiger partial charge on any atom is -0.492 e. The highest BCUT2D eigenvalue weighted by Gasteiger charge is 2.05. The highest BCUT2D eigenvalue weighted by Crippen LogP contribution is 2.15. The molecule has 0 spiro atoms. The third kappa shape index (κ3) is 8.33. The van der Waals surface area contributed by atoms with E-state index in [4.69, 9.17) is 21.1 Å². The lowest BCUT2D eigenvalue weighted by atomic mass is 10.3. The van der Waals surface area contributed by atoms with E-state index in [0.717, 1.165) is 24.8 Å². The summed E-state index contributed by atoms with van der Waals surface area (Å²) in [7, 11) is 5.40. The molecule has 7 heteroatoms. The molecule has 0 aliphatic heterocycles. The van der Waals surface area contributed by atoms with Gasteiger partial charge in [-0.25, -0.2) is 0 Å². The van der Waals surface area contributed by atoms with E-state index < -0.39 is 0 Å². The number of nitrogens with zero attached hydrogens (tertiary/aromatic N) is 2. The zero-order chi connectivity index (χ0) is 14.8. The van der Waals surface area contributed by atoms with Crippen molar-refractivity contribution >= 4 is 41.5 Å². The lowest BCUT2D eigenvalue weighted by molar-refractivity contribution is 0.202. The lowest BCUT2D eigenvalue weighted by Gasteiger charge is -2.22. The molecule has 120 valence electrons. The molecule has 0 saturated heterocycles. The van der Waals surface area contributed by atoms with Crippen LogP contribution in [0.4, 0.5) is 0 Å². The van der Waals surface area contributed by atoms with Crippen molar-refractivity contribution in [1.29, 1.82) is 0 Å². The van der Waals surface area contributed by atoms with Crippen LogP contribution in [0.3, 0.4) is 0 Å². The van der Waals surface area contributed by atoms with Gasteiger partial charge in [-0.2, -0.15) is 0 Å². The quantitative estimate of drug-likeness (QED) is 0.314. The summed E-state index contributed by atoms with van der Waals surface area (Å²) in [5, 5.41) is 3.91. The van der Waals surface area contributed by atoms with Crippen LogP contribution in [-0.4, -0.2) is 58.4 Å². The van der Waals surface area contributed by atoms with E-state index in [0.29, 0.717) is 18.2 Å². The number of nitrogens with one attached hydrogen (secondary N) is 1. The Morgan fingerprint density at radius 1 is 1.29 bits per heavy atom. The van der Waals surface area contributed by atoms with Crippen molar-refractivity contribution in [2.24, 2.45) is 4.99 Å². The van der Waals surface area contributed by atoms with Gasteiger partial charge in [0.15, 0.2) is 5.96 Å². The predicted octanol–water partition coefficient (Wildman–Crippen LogP) is 2.49. The van der Waals surface area contributed by atoms with Crippen LogP contribution in [0.25, 0.3) is 0 Å². The van der Waals surface area contributed by atoms with E-state index in [1.165, 1.54) is 0 Å². The van der Waals surface area contributed by atoms with E-state index in [2.05, 4.69) is 10.3 Å². The SMILES string of the molecule is CN=C(NCCOC)N(C)CCOc1ccc(Cl)cc1.I. The van der Waals surface area contributed by atoms with Crippen LogP contribution in [0.5, 0.6) is 5.75 Å². The Kier molecular flexibility index (Phi) is 11.5. The number of hydrogen-bond donors (Lipinski definition) is 1. The first-order chi connectivity index (χ1) is 9.67. The van der Waals surface area contributed by atoms with Crippen molar-refractivity contribution in [3.63, 3.8) is 0 Å². The molecule has 0 aliphatic rings. The second-order valence-electron chi connectivity index (χ2n) is 4.19. The zero-order valence-corrected chi connectivity index (χ0v) is 15.7. The normalized spacial score (nSPS) is 10.8. The third-order valence-corrected chi connectivity index (χ3v) is 2.92. The average Bonchev–Trinajstić information content (AvgIpc) is 2.45. The van der Waals surface area contributed by atoms with Crippen molar-refractivity contribution in [2.45, 2.75) is 0 Å². The molecule has 0 radical (unpaired) electrons. The van der Waals surface area contributed by atoms with Crippen molar-refractivity contribution in [3.8, 4) is 5.75 Å². The second kappa shape index (κ2) is 11.9. The number of ether oxygens (including phenoxy) is 2. The van der Waals surface area contributed by atoms with Gasteiger partial charge in [0.25, 0.3) is 0 Å². The summed E-state index contributed by atoms with van der Waals surface area (Å²) in [6, 6.07) is 7.33. The average molecular weight is 428 g/mol. The van der Waals surface area contributed by atoms with Gasteiger partial charge in [0.05, 0.1) is 13.2 Å². The number of likely N-dealkylation sites (N-methyl/N-ethyl adjacent to an activating group) is 1. The molecule has 0 aliphatic carbocycles. The van der Waals surface area contributed by atoms with Crippen LogP contribution in [-0.2, 0) is 4.74 Å². The van der Waals surface area contributed by atoms with Crippen LogP contribution >= 0.6 is 35.6 Å². The molecule has 0 unspecified atom stereocenters. The molecule has 0 heterocycles. The molecular formula is C14H23ClIN3O2. The molecule has 1 aromatic carbocycles. The summed E-state index contributed by atoms with van der Waals surface area (Å²) in [6.07, 6.45) is 0. The summed E-state index contributed by atoms with van der Waals surface area (Å²) >= 11 is 5.82. The Balaban J connectivity index is 0.00000400. The molecule has 0 saturated carbocycles. The first-order valence-electron chi connectivity index (χ1n) is 6.46. The molecule has 0 amide bonds. The molecule has 1 aromatic rings. The van der Waals surface area contributed by atoms with Gasteiger partial charge >= 0.3 is 0 Å². The topological polar surface area (TPSA) is 46.1 Å². The summed E-state index contributed by atoms with van der Waals surface area (Å²) in [4.78, 5) is 6.21. The molecule has 1 rings (SSSR count). The maximum atomic E-state index is 5.82. The fraction of sp³-hybridized carbons (Fsp3) is 0.500. The maximum absolute atomic E-state index is 5.82. The highest BCUT2D eigenvalue weighted by atomic mass is 127. The highest BCUT2D eigenvalue weighted by molar-refractivity contribution is 14.0. The van der Waals surface area contributed by atoms with Gasteiger partial charge in [0, 0.05) is 32.8 Å². The van der Waals surface area contributed by atoms with Crippen molar-refractivity contribution in [2.75, 3.05) is 47.5 Å². The van der Waals surface area contributed by atoms with Gasteiger partial charge in [0.2, 0.25) is 0 Å². The summed E-state index contributed by atoms with van der Waals surface area (Å²) in [5.41, 5.74) is 0. The minimum atomic E-state index is 0. The van der Waals surface area contributed by atoms with Crippen molar-refractivity contribution < 1.29 is 9.47 Å². The van der Waals surface area contributed by atoms with Gasteiger partial charge in [-0.1, -0.05) is 11.6 Å². The predicted molar refractivity (Wildman–Crippen MR) is 98.2 cm³/mol.